The molecule has 0 aliphatic carbocycles. The van der Waals surface area contributed by atoms with Crippen LogP contribution in [0.3, 0.4) is 0 Å². The summed E-state index contributed by atoms with van der Waals surface area (Å²) in [4.78, 5) is 3.78. The van der Waals surface area contributed by atoms with Crippen molar-refractivity contribution in [2.75, 3.05) is 39.3 Å². The lowest BCUT2D eigenvalue weighted by Gasteiger charge is -2.38. The summed E-state index contributed by atoms with van der Waals surface area (Å²) in [5, 5.41) is 3.53. The molecular formula is C14H28F3N3. The molecule has 0 amide bonds. The van der Waals surface area contributed by atoms with E-state index in [2.05, 4.69) is 31.0 Å². The van der Waals surface area contributed by atoms with Crippen LogP contribution in [0.2, 0.25) is 0 Å². The molecule has 0 spiro atoms. The van der Waals surface area contributed by atoms with Crippen LogP contribution in [0.5, 0.6) is 0 Å². The van der Waals surface area contributed by atoms with Crippen LogP contribution in [0.1, 0.15) is 33.6 Å². The van der Waals surface area contributed by atoms with Gasteiger partial charge in [-0.05, 0) is 19.8 Å². The predicted octanol–water partition coefficient (Wildman–Crippen LogP) is 2.33. The van der Waals surface area contributed by atoms with Gasteiger partial charge >= 0.3 is 6.18 Å². The normalized spacial score (nSPS) is 20.6. The van der Waals surface area contributed by atoms with Gasteiger partial charge in [0.2, 0.25) is 0 Å². The molecule has 1 fully saturated rings. The van der Waals surface area contributed by atoms with Gasteiger partial charge in [-0.2, -0.15) is 13.2 Å². The second-order valence-corrected chi connectivity index (χ2v) is 5.70. The van der Waals surface area contributed by atoms with Crippen molar-refractivity contribution in [3.8, 4) is 0 Å². The van der Waals surface area contributed by atoms with Crippen LogP contribution in [0, 0.1) is 0 Å². The molecule has 1 aliphatic heterocycles. The lowest BCUT2D eigenvalue weighted by Crippen LogP contribution is -2.53. The Balaban J connectivity index is 2.26. The summed E-state index contributed by atoms with van der Waals surface area (Å²) in [7, 11) is 0. The van der Waals surface area contributed by atoms with E-state index < -0.39 is 12.7 Å². The predicted molar refractivity (Wildman–Crippen MR) is 75.9 cm³/mol. The highest BCUT2D eigenvalue weighted by Gasteiger charge is 2.32. The van der Waals surface area contributed by atoms with Gasteiger partial charge in [0.25, 0.3) is 0 Å². The lowest BCUT2D eigenvalue weighted by atomic mass is 10.1. The summed E-state index contributed by atoms with van der Waals surface area (Å²) < 4.78 is 37.0. The van der Waals surface area contributed by atoms with Crippen molar-refractivity contribution < 1.29 is 13.2 Å². The van der Waals surface area contributed by atoms with Crippen LogP contribution in [-0.2, 0) is 0 Å². The number of piperazine rings is 1. The number of alkyl halides is 3. The van der Waals surface area contributed by atoms with Crippen molar-refractivity contribution in [3.63, 3.8) is 0 Å². The van der Waals surface area contributed by atoms with Crippen molar-refractivity contribution in [2.24, 2.45) is 0 Å². The highest BCUT2D eigenvalue weighted by Crippen LogP contribution is 2.18. The van der Waals surface area contributed by atoms with E-state index in [9.17, 15) is 13.2 Å². The maximum atomic E-state index is 12.3. The minimum absolute atomic E-state index is 0.378. The van der Waals surface area contributed by atoms with Crippen molar-refractivity contribution in [1.29, 1.82) is 0 Å². The highest BCUT2D eigenvalue weighted by molar-refractivity contribution is 4.79. The summed E-state index contributed by atoms with van der Waals surface area (Å²) in [6, 6.07) is 0.924. The Morgan fingerprint density at radius 1 is 1.05 bits per heavy atom. The molecule has 0 bridgehead atoms. The van der Waals surface area contributed by atoms with E-state index in [-0.39, 0.29) is 0 Å². The topological polar surface area (TPSA) is 18.5 Å². The Labute approximate surface area is 120 Å². The summed E-state index contributed by atoms with van der Waals surface area (Å²) in [6.45, 7) is 9.08. The van der Waals surface area contributed by atoms with E-state index in [1.165, 1.54) is 4.90 Å². The largest absolute Gasteiger partial charge is 0.401 e. The second-order valence-electron chi connectivity index (χ2n) is 5.70. The van der Waals surface area contributed by atoms with Gasteiger partial charge < -0.3 is 5.32 Å². The Morgan fingerprint density at radius 2 is 1.60 bits per heavy atom. The zero-order chi connectivity index (χ0) is 15.2. The molecule has 0 saturated carbocycles. The number of halogens is 3. The standard InChI is InChI=1S/C14H28F3N3/c1-4-13(5-2)18-10-12(3)20-8-6-19(7-9-20)11-14(15,16)17/h12-13,18H,4-11H2,1-3H3. The Hall–Kier alpha value is -0.330. The second kappa shape index (κ2) is 8.20. The summed E-state index contributed by atoms with van der Waals surface area (Å²) in [5.41, 5.74) is 0. The van der Waals surface area contributed by atoms with Crippen LogP contribution in [0.4, 0.5) is 13.2 Å². The molecule has 3 nitrogen and oxygen atoms in total. The minimum Gasteiger partial charge on any atom is -0.312 e. The zero-order valence-electron chi connectivity index (χ0n) is 12.8. The number of hydrogen-bond donors (Lipinski definition) is 1. The summed E-state index contributed by atoms with van der Waals surface area (Å²) in [5.74, 6) is 0. The van der Waals surface area contributed by atoms with Gasteiger partial charge in [0.15, 0.2) is 0 Å². The Morgan fingerprint density at radius 3 is 2.05 bits per heavy atom. The van der Waals surface area contributed by atoms with E-state index in [4.69, 9.17) is 0 Å². The average molecular weight is 295 g/mol. The average Bonchev–Trinajstić information content (AvgIpc) is 2.38. The fraction of sp³-hybridized carbons (Fsp3) is 1.00. The monoisotopic (exact) mass is 295 g/mol. The molecule has 1 saturated heterocycles. The van der Waals surface area contributed by atoms with Gasteiger partial charge in [0.05, 0.1) is 6.54 Å². The summed E-state index contributed by atoms with van der Waals surface area (Å²) >= 11 is 0. The molecule has 0 aromatic heterocycles. The quantitative estimate of drug-likeness (QED) is 0.778. The first-order valence-electron chi connectivity index (χ1n) is 7.62. The van der Waals surface area contributed by atoms with E-state index in [0.29, 0.717) is 25.2 Å². The highest BCUT2D eigenvalue weighted by atomic mass is 19.4. The van der Waals surface area contributed by atoms with E-state index >= 15 is 0 Å². The fourth-order valence-corrected chi connectivity index (χ4v) is 2.66. The van der Waals surface area contributed by atoms with Crippen LogP contribution >= 0.6 is 0 Å². The third-order valence-electron chi connectivity index (χ3n) is 4.12. The van der Waals surface area contributed by atoms with Gasteiger partial charge in [-0.3, -0.25) is 9.80 Å². The molecule has 0 aromatic carbocycles. The summed E-state index contributed by atoms with van der Waals surface area (Å²) in [6.07, 6.45) is -1.85. The van der Waals surface area contributed by atoms with Gasteiger partial charge in [-0.1, -0.05) is 13.8 Å². The Bertz CT molecular complexity index is 259. The SMILES string of the molecule is CCC(CC)NCC(C)N1CCN(CC(F)(F)F)CC1. The molecule has 0 radical (unpaired) electrons. The maximum Gasteiger partial charge on any atom is 0.401 e. The van der Waals surface area contributed by atoms with Crippen molar-refractivity contribution in [3.05, 3.63) is 0 Å². The maximum absolute atomic E-state index is 12.3. The Kier molecular flexibility index (Phi) is 7.26. The molecular weight excluding hydrogens is 267 g/mol. The molecule has 1 atom stereocenters. The van der Waals surface area contributed by atoms with Gasteiger partial charge in [0, 0.05) is 44.8 Å². The first-order valence-corrected chi connectivity index (χ1v) is 7.62. The van der Waals surface area contributed by atoms with Crippen molar-refractivity contribution >= 4 is 0 Å². The van der Waals surface area contributed by atoms with Crippen LogP contribution < -0.4 is 5.32 Å². The van der Waals surface area contributed by atoms with E-state index in [1.807, 2.05) is 0 Å². The molecule has 20 heavy (non-hydrogen) atoms. The molecule has 6 heteroatoms. The van der Waals surface area contributed by atoms with Crippen LogP contribution in [0.15, 0.2) is 0 Å². The molecule has 1 unspecified atom stereocenters. The number of nitrogens with zero attached hydrogens (tertiary/aromatic N) is 2. The lowest BCUT2D eigenvalue weighted by molar-refractivity contribution is -0.149. The first kappa shape index (κ1) is 17.7. The number of rotatable bonds is 7. The molecule has 1 rings (SSSR count). The smallest absolute Gasteiger partial charge is 0.312 e. The minimum atomic E-state index is -4.08. The number of nitrogens with one attached hydrogen (secondary N) is 1. The van der Waals surface area contributed by atoms with E-state index in [1.54, 1.807) is 0 Å². The molecule has 120 valence electrons. The molecule has 1 N–H and O–H groups in total. The van der Waals surface area contributed by atoms with Gasteiger partial charge in [0.1, 0.15) is 0 Å². The molecule has 1 heterocycles. The zero-order valence-corrected chi connectivity index (χ0v) is 12.8. The van der Waals surface area contributed by atoms with Crippen LogP contribution in [-0.4, -0.2) is 67.3 Å². The van der Waals surface area contributed by atoms with Crippen LogP contribution in [0.25, 0.3) is 0 Å². The molecule has 0 aromatic rings. The van der Waals surface area contributed by atoms with Crippen molar-refractivity contribution in [1.82, 2.24) is 15.1 Å². The van der Waals surface area contributed by atoms with Gasteiger partial charge in [-0.25, -0.2) is 0 Å². The molecule has 1 aliphatic rings. The fourth-order valence-electron chi connectivity index (χ4n) is 2.66. The number of hydrogen-bond acceptors (Lipinski definition) is 3. The third-order valence-corrected chi connectivity index (χ3v) is 4.12. The van der Waals surface area contributed by atoms with Gasteiger partial charge in [-0.15, -0.1) is 0 Å². The third kappa shape index (κ3) is 6.41. The van der Waals surface area contributed by atoms with Crippen molar-refractivity contribution in [2.45, 2.75) is 51.9 Å². The first-order chi connectivity index (χ1) is 9.35. The van der Waals surface area contributed by atoms with E-state index in [0.717, 1.165) is 32.5 Å².